The van der Waals surface area contributed by atoms with E-state index in [0.717, 1.165) is 19.3 Å². The third kappa shape index (κ3) is 5.50. The van der Waals surface area contributed by atoms with Crippen LogP contribution in [0.2, 0.25) is 0 Å². The van der Waals surface area contributed by atoms with Gasteiger partial charge in [0, 0.05) is 24.2 Å². The highest BCUT2D eigenvalue weighted by molar-refractivity contribution is 7.13. The number of carbonyl (C=O) groups is 1. The number of aromatic nitrogens is 4. The molecule has 0 amide bonds. The molecule has 0 aliphatic carbocycles. The molecule has 0 saturated carbocycles. The molecular formula is C19H25N7O2S. The van der Waals surface area contributed by atoms with E-state index in [0.29, 0.717) is 40.8 Å². The molecule has 154 valence electrons. The summed E-state index contributed by atoms with van der Waals surface area (Å²) in [5.41, 5.74) is 7.56. The standard InChI is InChI=1S/C19H25N7O2S/c1-3-5-7-12(10-22-19-25-14(11-29-19)17(27)28-4-2)23-16-15-13(8-6-9-21-15)24-18(20)26-16/h6,8-9,11-12H,3-5,7,10H2,1-2H3,(H,22,25)(H3,20,23,24,26)/t12-/m1/s1. The lowest BCUT2D eigenvalue weighted by atomic mass is 10.1. The van der Waals surface area contributed by atoms with Gasteiger partial charge in [0.05, 0.1) is 12.1 Å². The van der Waals surface area contributed by atoms with Crippen molar-refractivity contribution in [2.75, 3.05) is 29.5 Å². The maximum absolute atomic E-state index is 11.8. The van der Waals surface area contributed by atoms with Crippen LogP contribution >= 0.6 is 11.3 Å². The Bertz CT molecular complexity index is 963. The molecule has 3 aromatic rings. The van der Waals surface area contributed by atoms with Crippen molar-refractivity contribution >= 4 is 45.2 Å². The van der Waals surface area contributed by atoms with Crippen molar-refractivity contribution in [2.45, 2.75) is 39.2 Å². The van der Waals surface area contributed by atoms with Crippen LogP contribution in [-0.4, -0.2) is 45.1 Å². The summed E-state index contributed by atoms with van der Waals surface area (Å²) >= 11 is 1.37. The highest BCUT2D eigenvalue weighted by Gasteiger charge is 2.16. The Morgan fingerprint density at radius 2 is 2.17 bits per heavy atom. The van der Waals surface area contributed by atoms with Crippen LogP contribution in [0.15, 0.2) is 23.7 Å². The summed E-state index contributed by atoms with van der Waals surface area (Å²) in [5.74, 6) is 0.406. The van der Waals surface area contributed by atoms with Crippen molar-refractivity contribution in [3.05, 3.63) is 29.4 Å². The summed E-state index contributed by atoms with van der Waals surface area (Å²) in [6.07, 6.45) is 4.77. The Morgan fingerprint density at radius 3 is 2.97 bits per heavy atom. The SMILES string of the molecule is CCCC[C@H](CNc1nc(C(=O)OCC)cs1)Nc1nc(N)nc2cccnc12. The summed E-state index contributed by atoms with van der Waals surface area (Å²) in [7, 11) is 0. The summed E-state index contributed by atoms with van der Waals surface area (Å²) in [5, 5.41) is 9.10. The molecule has 1 atom stereocenters. The minimum Gasteiger partial charge on any atom is -0.461 e. The largest absolute Gasteiger partial charge is 0.461 e. The van der Waals surface area contributed by atoms with Crippen molar-refractivity contribution in [3.8, 4) is 0 Å². The average Bonchev–Trinajstić information content (AvgIpc) is 3.19. The highest BCUT2D eigenvalue weighted by atomic mass is 32.1. The molecular weight excluding hydrogens is 390 g/mol. The van der Waals surface area contributed by atoms with Gasteiger partial charge in [-0.05, 0) is 25.5 Å². The van der Waals surface area contributed by atoms with Crippen molar-refractivity contribution in [1.82, 2.24) is 19.9 Å². The zero-order chi connectivity index (χ0) is 20.6. The lowest BCUT2D eigenvalue weighted by Gasteiger charge is -2.20. The van der Waals surface area contributed by atoms with Crippen molar-refractivity contribution in [1.29, 1.82) is 0 Å². The van der Waals surface area contributed by atoms with E-state index in [1.54, 1.807) is 18.5 Å². The maximum Gasteiger partial charge on any atom is 0.357 e. The molecule has 0 radical (unpaired) electrons. The van der Waals surface area contributed by atoms with Gasteiger partial charge in [0.25, 0.3) is 0 Å². The molecule has 0 spiro atoms. The maximum atomic E-state index is 11.8. The Labute approximate surface area is 173 Å². The normalized spacial score (nSPS) is 11.9. The second kappa shape index (κ2) is 9.97. The molecule has 0 bridgehead atoms. The number of hydrogen-bond acceptors (Lipinski definition) is 10. The Balaban J connectivity index is 1.71. The molecule has 4 N–H and O–H groups in total. The van der Waals surface area contributed by atoms with Gasteiger partial charge in [0.2, 0.25) is 5.95 Å². The average molecular weight is 416 g/mol. The summed E-state index contributed by atoms with van der Waals surface area (Å²) in [6.45, 7) is 4.85. The van der Waals surface area contributed by atoms with Gasteiger partial charge in [-0.1, -0.05) is 19.8 Å². The monoisotopic (exact) mass is 415 g/mol. The van der Waals surface area contributed by atoms with Crippen LogP contribution in [-0.2, 0) is 4.74 Å². The van der Waals surface area contributed by atoms with Crippen LogP contribution < -0.4 is 16.4 Å². The summed E-state index contributed by atoms with van der Waals surface area (Å²) in [6, 6.07) is 3.75. The third-order valence-electron chi connectivity index (χ3n) is 4.21. The number of rotatable bonds is 10. The number of thiazole rings is 1. The number of nitrogens with one attached hydrogen (secondary N) is 2. The number of fused-ring (bicyclic) bond motifs is 1. The van der Waals surface area contributed by atoms with E-state index in [9.17, 15) is 4.79 Å². The van der Waals surface area contributed by atoms with E-state index in [1.165, 1.54) is 11.3 Å². The van der Waals surface area contributed by atoms with Gasteiger partial charge in [-0.3, -0.25) is 4.98 Å². The third-order valence-corrected chi connectivity index (χ3v) is 5.01. The first-order valence-electron chi connectivity index (χ1n) is 9.62. The molecule has 0 aliphatic rings. The number of hydrogen-bond donors (Lipinski definition) is 3. The van der Waals surface area contributed by atoms with Crippen LogP contribution in [0.25, 0.3) is 11.0 Å². The minimum absolute atomic E-state index is 0.0735. The second-order valence-electron chi connectivity index (χ2n) is 6.42. The molecule has 10 heteroatoms. The van der Waals surface area contributed by atoms with E-state index in [1.807, 2.05) is 12.1 Å². The van der Waals surface area contributed by atoms with Gasteiger partial charge in [0.15, 0.2) is 16.6 Å². The van der Waals surface area contributed by atoms with Crippen LogP contribution in [0.5, 0.6) is 0 Å². The molecule has 0 unspecified atom stereocenters. The van der Waals surface area contributed by atoms with E-state index >= 15 is 0 Å². The van der Waals surface area contributed by atoms with Crippen LogP contribution in [0.1, 0.15) is 43.6 Å². The fourth-order valence-corrected chi connectivity index (χ4v) is 3.51. The fourth-order valence-electron chi connectivity index (χ4n) is 2.82. The Kier molecular flexibility index (Phi) is 7.12. The first-order chi connectivity index (χ1) is 14.1. The van der Waals surface area contributed by atoms with E-state index in [4.69, 9.17) is 10.5 Å². The smallest absolute Gasteiger partial charge is 0.357 e. The van der Waals surface area contributed by atoms with Gasteiger partial charge in [0.1, 0.15) is 5.52 Å². The number of nitrogens with two attached hydrogens (primary N) is 1. The van der Waals surface area contributed by atoms with Gasteiger partial charge in [-0.15, -0.1) is 11.3 Å². The number of nitrogen functional groups attached to an aromatic ring is 1. The molecule has 3 rings (SSSR count). The van der Waals surface area contributed by atoms with E-state index in [-0.39, 0.29) is 12.0 Å². The van der Waals surface area contributed by atoms with Gasteiger partial charge < -0.3 is 21.1 Å². The van der Waals surface area contributed by atoms with E-state index < -0.39 is 5.97 Å². The lowest BCUT2D eigenvalue weighted by molar-refractivity contribution is 0.0520. The Hall–Kier alpha value is -3.01. The number of carbonyl (C=O) groups excluding carboxylic acids is 1. The zero-order valence-electron chi connectivity index (χ0n) is 16.5. The first kappa shape index (κ1) is 20.7. The number of anilines is 3. The number of unbranched alkanes of at least 4 members (excludes halogenated alkanes) is 1. The number of esters is 1. The van der Waals surface area contributed by atoms with Gasteiger partial charge >= 0.3 is 5.97 Å². The highest BCUT2D eigenvalue weighted by Crippen LogP contribution is 2.21. The molecule has 3 heterocycles. The second-order valence-corrected chi connectivity index (χ2v) is 7.28. The molecule has 3 aromatic heterocycles. The Morgan fingerprint density at radius 1 is 1.31 bits per heavy atom. The van der Waals surface area contributed by atoms with Crippen molar-refractivity contribution in [2.24, 2.45) is 0 Å². The molecule has 9 nitrogen and oxygen atoms in total. The minimum atomic E-state index is -0.411. The molecule has 29 heavy (non-hydrogen) atoms. The quantitative estimate of drug-likeness (QED) is 0.427. The number of pyridine rings is 1. The van der Waals surface area contributed by atoms with Gasteiger partial charge in [-0.25, -0.2) is 14.8 Å². The van der Waals surface area contributed by atoms with Crippen LogP contribution in [0.4, 0.5) is 16.9 Å². The molecule has 0 aliphatic heterocycles. The fraction of sp³-hybridized carbons (Fsp3) is 0.421. The first-order valence-corrected chi connectivity index (χ1v) is 10.5. The van der Waals surface area contributed by atoms with E-state index in [2.05, 4.69) is 37.5 Å². The lowest BCUT2D eigenvalue weighted by Crippen LogP contribution is -2.29. The zero-order valence-corrected chi connectivity index (χ0v) is 17.3. The van der Waals surface area contributed by atoms with Crippen molar-refractivity contribution < 1.29 is 9.53 Å². The predicted octanol–water partition coefficient (Wildman–Crippen LogP) is 3.32. The van der Waals surface area contributed by atoms with Crippen molar-refractivity contribution in [3.63, 3.8) is 0 Å². The van der Waals surface area contributed by atoms with Gasteiger partial charge in [-0.2, -0.15) is 4.98 Å². The molecule has 0 saturated heterocycles. The summed E-state index contributed by atoms with van der Waals surface area (Å²) < 4.78 is 4.98. The molecule has 0 aromatic carbocycles. The topological polar surface area (TPSA) is 128 Å². The summed E-state index contributed by atoms with van der Waals surface area (Å²) in [4.78, 5) is 29.0. The predicted molar refractivity (Wildman–Crippen MR) is 115 cm³/mol. The van der Waals surface area contributed by atoms with Crippen LogP contribution in [0, 0.1) is 0 Å². The number of nitrogens with zero attached hydrogens (tertiary/aromatic N) is 4. The van der Waals surface area contributed by atoms with Crippen LogP contribution in [0.3, 0.4) is 0 Å². The number of ether oxygens (including phenoxy) is 1. The molecule has 0 fully saturated rings.